The molecule has 2 unspecified atom stereocenters. The fourth-order valence-corrected chi connectivity index (χ4v) is 2.47. The Morgan fingerprint density at radius 3 is 2.68 bits per heavy atom. The zero-order chi connectivity index (χ0) is 14.0. The smallest absolute Gasteiger partial charge is 0.305 e. The van der Waals surface area contributed by atoms with Gasteiger partial charge in [-0.15, -0.1) is 0 Å². The number of rotatable bonds is 6. The molecule has 0 radical (unpaired) electrons. The molecule has 0 aromatic rings. The molecule has 0 aromatic heterocycles. The van der Waals surface area contributed by atoms with Crippen LogP contribution in [-0.2, 0) is 14.4 Å². The van der Waals surface area contributed by atoms with Gasteiger partial charge < -0.3 is 15.3 Å². The lowest BCUT2D eigenvalue weighted by Crippen LogP contribution is -2.40. The van der Waals surface area contributed by atoms with E-state index in [1.165, 1.54) is 0 Å². The lowest BCUT2D eigenvalue weighted by atomic mass is 10.1. The van der Waals surface area contributed by atoms with Crippen molar-refractivity contribution in [1.29, 1.82) is 0 Å². The third-order valence-corrected chi connectivity index (χ3v) is 3.78. The van der Waals surface area contributed by atoms with Crippen LogP contribution in [0.3, 0.4) is 0 Å². The molecule has 2 N–H and O–H groups in total. The number of carboxylic acid groups (broad SMARTS) is 1. The van der Waals surface area contributed by atoms with E-state index < -0.39 is 5.97 Å². The molecule has 0 spiro atoms. The molecule has 1 aliphatic heterocycles. The maximum atomic E-state index is 12.0. The van der Waals surface area contributed by atoms with Crippen molar-refractivity contribution in [2.75, 3.05) is 6.54 Å². The van der Waals surface area contributed by atoms with Crippen LogP contribution < -0.4 is 5.32 Å². The van der Waals surface area contributed by atoms with Gasteiger partial charge in [0.15, 0.2) is 0 Å². The van der Waals surface area contributed by atoms with Crippen molar-refractivity contribution in [3.8, 4) is 0 Å². The lowest BCUT2D eigenvalue weighted by Gasteiger charge is -2.18. The molecule has 0 bridgehead atoms. The van der Waals surface area contributed by atoms with E-state index >= 15 is 0 Å². The van der Waals surface area contributed by atoms with Gasteiger partial charge in [-0.1, -0.05) is 6.92 Å². The van der Waals surface area contributed by atoms with Gasteiger partial charge in [0.1, 0.15) is 0 Å². The molecule has 6 heteroatoms. The number of aliphatic carboxylic acids is 1. The molecule has 1 heterocycles. The second-order valence-corrected chi connectivity index (χ2v) is 5.39. The molecule has 0 aromatic carbocycles. The summed E-state index contributed by atoms with van der Waals surface area (Å²) < 4.78 is 0. The van der Waals surface area contributed by atoms with Gasteiger partial charge in [0.2, 0.25) is 11.8 Å². The summed E-state index contributed by atoms with van der Waals surface area (Å²) in [7, 11) is 0. The van der Waals surface area contributed by atoms with Crippen LogP contribution in [-0.4, -0.2) is 46.4 Å². The molecule has 1 saturated heterocycles. The van der Waals surface area contributed by atoms with E-state index in [4.69, 9.17) is 5.11 Å². The molecule has 1 aliphatic carbocycles. The van der Waals surface area contributed by atoms with Gasteiger partial charge in [0.25, 0.3) is 0 Å². The van der Waals surface area contributed by atoms with E-state index in [0.29, 0.717) is 19.0 Å². The minimum Gasteiger partial charge on any atom is -0.481 e. The summed E-state index contributed by atoms with van der Waals surface area (Å²) in [5.41, 5.74) is 0. The first-order chi connectivity index (χ1) is 9.01. The Bertz CT molecular complexity index is 392. The molecule has 2 amide bonds. The Hall–Kier alpha value is -1.59. The summed E-state index contributed by atoms with van der Waals surface area (Å²) in [4.78, 5) is 36.3. The van der Waals surface area contributed by atoms with Crippen LogP contribution in [0.15, 0.2) is 0 Å². The van der Waals surface area contributed by atoms with Gasteiger partial charge in [0.05, 0.1) is 12.3 Å². The highest BCUT2D eigenvalue weighted by Gasteiger charge is 2.41. The molecule has 6 nitrogen and oxygen atoms in total. The number of nitrogens with zero attached hydrogens (tertiary/aromatic N) is 1. The van der Waals surface area contributed by atoms with Gasteiger partial charge in [0, 0.05) is 25.0 Å². The molecule has 2 atom stereocenters. The number of carbonyl (C=O) groups excluding carboxylic acids is 2. The summed E-state index contributed by atoms with van der Waals surface area (Å²) in [6, 6.07) is -0.0126. The van der Waals surface area contributed by atoms with Crippen LogP contribution in [0.4, 0.5) is 0 Å². The fraction of sp³-hybridized carbons (Fsp3) is 0.769. The summed E-state index contributed by atoms with van der Waals surface area (Å²) in [5, 5.41) is 11.5. The second-order valence-electron chi connectivity index (χ2n) is 5.39. The zero-order valence-electron chi connectivity index (χ0n) is 11.1. The standard InChI is InChI=1S/C13H20N2O4/c1-2-9(6-12(17)18)14-13(19)8-5-11(16)15(7-8)10-3-4-10/h8-10H,2-7H2,1H3,(H,14,19)(H,17,18). The number of nitrogens with one attached hydrogen (secondary N) is 1. The molecule has 19 heavy (non-hydrogen) atoms. The number of hydrogen-bond acceptors (Lipinski definition) is 3. The fourth-order valence-electron chi connectivity index (χ4n) is 2.47. The van der Waals surface area contributed by atoms with Crippen LogP contribution in [0.2, 0.25) is 0 Å². The summed E-state index contributed by atoms with van der Waals surface area (Å²) in [6.07, 6.45) is 2.83. The van der Waals surface area contributed by atoms with E-state index in [0.717, 1.165) is 12.8 Å². The highest BCUT2D eigenvalue weighted by Crippen LogP contribution is 2.32. The lowest BCUT2D eigenvalue weighted by molar-refractivity contribution is -0.138. The highest BCUT2D eigenvalue weighted by atomic mass is 16.4. The van der Waals surface area contributed by atoms with E-state index in [9.17, 15) is 14.4 Å². The quantitative estimate of drug-likeness (QED) is 0.728. The number of hydrogen-bond donors (Lipinski definition) is 2. The maximum Gasteiger partial charge on any atom is 0.305 e. The summed E-state index contributed by atoms with van der Waals surface area (Å²) in [5.74, 6) is -1.39. The van der Waals surface area contributed by atoms with Gasteiger partial charge in [-0.2, -0.15) is 0 Å². The van der Waals surface area contributed by atoms with Crippen LogP contribution in [0.25, 0.3) is 0 Å². The predicted octanol–water partition coefficient (Wildman–Crippen LogP) is 0.367. The largest absolute Gasteiger partial charge is 0.481 e. The first-order valence-corrected chi connectivity index (χ1v) is 6.83. The van der Waals surface area contributed by atoms with Crippen LogP contribution in [0.1, 0.15) is 39.0 Å². The molecule has 2 rings (SSSR count). The van der Waals surface area contributed by atoms with E-state index in [-0.39, 0.29) is 36.6 Å². The Labute approximate surface area is 112 Å². The Morgan fingerprint density at radius 1 is 1.47 bits per heavy atom. The monoisotopic (exact) mass is 268 g/mol. The normalized spacial score (nSPS) is 24.4. The molecular formula is C13H20N2O4. The van der Waals surface area contributed by atoms with Crippen molar-refractivity contribution in [1.82, 2.24) is 10.2 Å². The topological polar surface area (TPSA) is 86.7 Å². The average Bonchev–Trinajstić information content (AvgIpc) is 3.11. The van der Waals surface area contributed by atoms with Gasteiger partial charge in [-0.25, -0.2) is 0 Å². The van der Waals surface area contributed by atoms with E-state index in [1.54, 1.807) is 4.90 Å². The number of carboxylic acids is 1. The van der Waals surface area contributed by atoms with Gasteiger partial charge in [-0.3, -0.25) is 14.4 Å². The Balaban J connectivity index is 1.86. The highest BCUT2D eigenvalue weighted by molar-refractivity contribution is 5.89. The Kier molecular flexibility index (Phi) is 4.07. The van der Waals surface area contributed by atoms with Crippen LogP contribution in [0.5, 0.6) is 0 Å². The van der Waals surface area contributed by atoms with Gasteiger partial charge in [-0.05, 0) is 19.3 Å². The summed E-state index contributed by atoms with van der Waals surface area (Å²) in [6.45, 7) is 2.32. The minimum atomic E-state index is -0.922. The van der Waals surface area contributed by atoms with Crippen molar-refractivity contribution >= 4 is 17.8 Å². The third-order valence-electron chi connectivity index (χ3n) is 3.78. The number of likely N-dealkylation sites (tertiary alicyclic amines) is 1. The molecule has 1 saturated carbocycles. The van der Waals surface area contributed by atoms with Crippen LogP contribution in [0, 0.1) is 5.92 Å². The van der Waals surface area contributed by atoms with Crippen molar-refractivity contribution < 1.29 is 19.5 Å². The second kappa shape index (κ2) is 5.59. The molecule has 106 valence electrons. The first kappa shape index (κ1) is 13.8. The number of carbonyl (C=O) groups is 3. The van der Waals surface area contributed by atoms with Gasteiger partial charge >= 0.3 is 5.97 Å². The van der Waals surface area contributed by atoms with Crippen molar-refractivity contribution in [2.24, 2.45) is 5.92 Å². The first-order valence-electron chi connectivity index (χ1n) is 6.83. The number of amides is 2. The third kappa shape index (κ3) is 3.45. The minimum absolute atomic E-state index is 0.0499. The van der Waals surface area contributed by atoms with Crippen LogP contribution >= 0.6 is 0 Å². The van der Waals surface area contributed by atoms with Crippen molar-refractivity contribution in [2.45, 2.75) is 51.1 Å². The Morgan fingerprint density at radius 2 is 2.16 bits per heavy atom. The average molecular weight is 268 g/mol. The predicted molar refractivity (Wildman–Crippen MR) is 67.3 cm³/mol. The van der Waals surface area contributed by atoms with Crippen molar-refractivity contribution in [3.05, 3.63) is 0 Å². The molecule has 2 aliphatic rings. The summed E-state index contributed by atoms with van der Waals surface area (Å²) >= 11 is 0. The molecule has 2 fully saturated rings. The van der Waals surface area contributed by atoms with E-state index in [2.05, 4.69) is 5.32 Å². The zero-order valence-corrected chi connectivity index (χ0v) is 11.1. The molecular weight excluding hydrogens is 248 g/mol. The maximum absolute atomic E-state index is 12.0. The SMILES string of the molecule is CCC(CC(=O)O)NC(=O)C1CC(=O)N(C2CC2)C1. The van der Waals surface area contributed by atoms with Crippen molar-refractivity contribution in [3.63, 3.8) is 0 Å². The van der Waals surface area contributed by atoms with E-state index in [1.807, 2.05) is 6.92 Å².